The number of halogens is 1. The minimum absolute atomic E-state index is 0.106. The first-order chi connectivity index (χ1) is 9.66. The molecule has 1 aromatic carbocycles. The second-order valence-electron chi connectivity index (χ2n) is 4.60. The zero-order valence-corrected chi connectivity index (χ0v) is 13.0. The zero-order chi connectivity index (χ0) is 16.2. The molecule has 0 aromatic heterocycles. The third-order valence-electron chi connectivity index (χ3n) is 2.87. The Morgan fingerprint density at radius 2 is 2.10 bits per heavy atom. The molecule has 0 bridgehead atoms. The van der Waals surface area contributed by atoms with Crippen LogP contribution in [0, 0.1) is 12.7 Å². The summed E-state index contributed by atoms with van der Waals surface area (Å²) in [6.45, 7) is 5.62. The number of hydrogen-bond acceptors (Lipinski definition) is 4. The molecule has 1 atom stereocenters. The molecule has 1 unspecified atom stereocenters. The number of primary sulfonamides is 1. The third-order valence-corrected chi connectivity index (χ3v) is 3.90. The largest absolute Gasteiger partial charge is 0.377 e. The standard InChI is InChI=1S/C13H19FN2O4S/c1-4-20-8(2)7-16-13(17)10-5-11(14)9(3)12(6-10)21(15,18)19/h5-6,8H,4,7H2,1-3H3,(H,16,17)(H2,15,18,19). The fourth-order valence-corrected chi connectivity index (χ4v) is 2.58. The lowest BCUT2D eigenvalue weighted by Gasteiger charge is -2.13. The average Bonchev–Trinajstić information content (AvgIpc) is 2.38. The topological polar surface area (TPSA) is 98.5 Å². The van der Waals surface area contributed by atoms with Gasteiger partial charge in [0.05, 0.1) is 11.0 Å². The molecule has 118 valence electrons. The molecule has 0 saturated carbocycles. The van der Waals surface area contributed by atoms with Crippen LogP contribution in [0.2, 0.25) is 0 Å². The number of ether oxygens (including phenoxy) is 1. The quantitative estimate of drug-likeness (QED) is 0.815. The van der Waals surface area contributed by atoms with Gasteiger partial charge in [0.15, 0.2) is 0 Å². The van der Waals surface area contributed by atoms with E-state index < -0.39 is 26.6 Å². The molecule has 1 rings (SSSR count). The van der Waals surface area contributed by atoms with Gasteiger partial charge in [-0.1, -0.05) is 0 Å². The van der Waals surface area contributed by atoms with Gasteiger partial charge in [-0.15, -0.1) is 0 Å². The van der Waals surface area contributed by atoms with Gasteiger partial charge in [-0.05, 0) is 32.9 Å². The summed E-state index contributed by atoms with van der Waals surface area (Å²) in [5.74, 6) is -1.39. The van der Waals surface area contributed by atoms with Crippen molar-refractivity contribution in [3.8, 4) is 0 Å². The highest BCUT2D eigenvalue weighted by Gasteiger charge is 2.19. The Morgan fingerprint density at radius 1 is 1.48 bits per heavy atom. The van der Waals surface area contributed by atoms with Gasteiger partial charge in [-0.25, -0.2) is 17.9 Å². The van der Waals surface area contributed by atoms with Gasteiger partial charge in [-0.3, -0.25) is 4.79 Å². The fraction of sp³-hybridized carbons (Fsp3) is 0.462. The van der Waals surface area contributed by atoms with Crippen molar-refractivity contribution in [2.45, 2.75) is 31.8 Å². The Hall–Kier alpha value is -1.51. The van der Waals surface area contributed by atoms with Crippen molar-refractivity contribution in [3.05, 3.63) is 29.1 Å². The Balaban J connectivity index is 2.99. The zero-order valence-electron chi connectivity index (χ0n) is 12.1. The number of carbonyl (C=O) groups excluding carboxylic acids is 1. The summed E-state index contributed by atoms with van der Waals surface area (Å²) in [4.78, 5) is 11.5. The number of sulfonamides is 1. The molecule has 0 saturated heterocycles. The number of benzene rings is 1. The summed E-state index contributed by atoms with van der Waals surface area (Å²) in [7, 11) is -4.10. The van der Waals surface area contributed by atoms with E-state index in [1.54, 1.807) is 6.92 Å². The van der Waals surface area contributed by atoms with Crippen LogP contribution in [-0.2, 0) is 14.8 Å². The van der Waals surface area contributed by atoms with E-state index in [0.29, 0.717) is 6.61 Å². The van der Waals surface area contributed by atoms with Crippen molar-refractivity contribution in [1.82, 2.24) is 5.32 Å². The van der Waals surface area contributed by atoms with E-state index in [9.17, 15) is 17.6 Å². The van der Waals surface area contributed by atoms with Crippen LogP contribution >= 0.6 is 0 Å². The molecule has 0 spiro atoms. The summed E-state index contributed by atoms with van der Waals surface area (Å²) in [5.41, 5.74) is -0.220. The first-order valence-electron chi connectivity index (χ1n) is 6.39. The minimum atomic E-state index is -4.10. The molecule has 1 amide bonds. The van der Waals surface area contributed by atoms with E-state index in [1.807, 2.05) is 6.92 Å². The molecule has 0 aliphatic rings. The van der Waals surface area contributed by atoms with Crippen molar-refractivity contribution >= 4 is 15.9 Å². The minimum Gasteiger partial charge on any atom is -0.377 e. The van der Waals surface area contributed by atoms with Crippen LogP contribution in [0.3, 0.4) is 0 Å². The molecule has 21 heavy (non-hydrogen) atoms. The Kier molecular flexibility index (Phi) is 5.82. The maximum atomic E-state index is 13.7. The second-order valence-corrected chi connectivity index (χ2v) is 6.13. The van der Waals surface area contributed by atoms with Gasteiger partial charge < -0.3 is 10.1 Å². The monoisotopic (exact) mass is 318 g/mol. The summed E-state index contributed by atoms with van der Waals surface area (Å²) in [6.07, 6.45) is -0.202. The lowest BCUT2D eigenvalue weighted by atomic mass is 10.1. The van der Waals surface area contributed by atoms with E-state index >= 15 is 0 Å². The van der Waals surface area contributed by atoms with Crippen molar-refractivity contribution in [1.29, 1.82) is 0 Å². The second kappa shape index (κ2) is 6.97. The van der Waals surface area contributed by atoms with E-state index in [1.165, 1.54) is 6.92 Å². The summed E-state index contributed by atoms with van der Waals surface area (Å²) < 4.78 is 41.8. The predicted octanol–water partition coefficient (Wildman–Crippen LogP) is 0.936. The highest BCUT2D eigenvalue weighted by Crippen LogP contribution is 2.19. The van der Waals surface area contributed by atoms with Crippen molar-refractivity contribution in [2.75, 3.05) is 13.2 Å². The summed E-state index contributed by atoms with van der Waals surface area (Å²) in [6, 6.07) is 2.04. The highest BCUT2D eigenvalue weighted by molar-refractivity contribution is 7.89. The number of amides is 1. The van der Waals surface area contributed by atoms with Gasteiger partial charge in [0.1, 0.15) is 5.82 Å². The predicted molar refractivity (Wildman–Crippen MR) is 75.9 cm³/mol. The maximum absolute atomic E-state index is 13.7. The Morgan fingerprint density at radius 3 is 2.62 bits per heavy atom. The van der Waals surface area contributed by atoms with Gasteiger partial charge in [0.2, 0.25) is 10.0 Å². The number of hydrogen-bond donors (Lipinski definition) is 2. The normalized spacial score (nSPS) is 13.0. The number of rotatable bonds is 6. The van der Waals surface area contributed by atoms with Gasteiger partial charge in [0.25, 0.3) is 5.91 Å². The lowest BCUT2D eigenvalue weighted by molar-refractivity contribution is 0.0695. The van der Waals surface area contributed by atoms with Gasteiger partial charge in [0, 0.05) is 24.3 Å². The molecule has 0 fully saturated rings. The van der Waals surface area contributed by atoms with E-state index in [2.05, 4.69) is 5.32 Å². The van der Waals surface area contributed by atoms with E-state index in [4.69, 9.17) is 9.88 Å². The van der Waals surface area contributed by atoms with E-state index in [0.717, 1.165) is 12.1 Å². The first kappa shape index (κ1) is 17.5. The molecular weight excluding hydrogens is 299 g/mol. The van der Waals surface area contributed by atoms with Crippen molar-refractivity contribution < 1.29 is 22.3 Å². The first-order valence-corrected chi connectivity index (χ1v) is 7.94. The average molecular weight is 318 g/mol. The summed E-state index contributed by atoms with van der Waals surface area (Å²) in [5, 5.41) is 7.55. The SMILES string of the molecule is CCOC(C)CNC(=O)c1cc(F)c(C)c(S(N)(=O)=O)c1. The van der Waals surface area contributed by atoms with Crippen LogP contribution in [0.15, 0.2) is 17.0 Å². The highest BCUT2D eigenvalue weighted by atomic mass is 32.2. The molecular formula is C13H19FN2O4S. The van der Waals surface area contributed by atoms with Crippen molar-refractivity contribution in [3.63, 3.8) is 0 Å². The molecule has 0 radical (unpaired) electrons. The van der Waals surface area contributed by atoms with Crippen LogP contribution in [-0.4, -0.2) is 33.6 Å². The Bertz CT molecular complexity index is 631. The van der Waals surface area contributed by atoms with Crippen LogP contribution in [0.5, 0.6) is 0 Å². The van der Waals surface area contributed by atoms with Crippen LogP contribution in [0.25, 0.3) is 0 Å². The van der Waals surface area contributed by atoms with E-state index in [-0.39, 0.29) is 23.8 Å². The molecule has 0 heterocycles. The molecule has 0 aliphatic heterocycles. The molecule has 8 heteroatoms. The number of nitrogens with two attached hydrogens (primary N) is 1. The fourth-order valence-electron chi connectivity index (χ4n) is 1.76. The maximum Gasteiger partial charge on any atom is 0.251 e. The van der Waals surface area contributed by atoms with Crippen LogP contribution < -0.4 is 10.5 Å². The molecule has 6 nitrogen and oxygen atoms in total. The summed E-state index contributed by atoms with van der Waals surface area (Å²) >= 11 is 0. The molecule has 0 aliphatic carbocycles. The molecule has 3 N–H and O–H groups in total. The van der Waals surface area contributed by atoms with Gasteiger partial charge >= 0.3 is 0 Å². The lowest BCUT2D eigenvalue weighted by Crippen LogP contribution is -2.32. The smallest absolute Gasteiger partial charge is 0.251 e. The van der Waals surface area contributed by atoms with Crippen molar-refractivity contribution in [2.24, 2.45) is 5.14 Å². The number of nitrogens with one attached hydrogen (secondary N) is 1. The molecule has 1 aromatic rings. The third kappa shape index (κ3) is 4.76. The van der Waals surface area contributed by atoms with Gasteiger partial charge in [-0.2, -0.15) is 0 Å². The van der Waals surface area contributed by atoms with Crippen LogP contribution in [0.1, 0.15) is 29.8 Å². The van der Waals surface area contributed by atoms with Crippen LogP contribution in [0.4, 0.5) is 4.39 Å². The number of carbonyl (C=O) groups is 1. The Labute approximate surface area is 123 Å².